The van der Waals surface area contributed by atoms with Crippen molar-refractivity contribution in [1.29, 1.82) is 0 Å². The summed E-state index contributed by atoms with van der Waals surface area (Å²) in [5, 5.41) is 5.09. The van der Waals surface area contributed by atoms with Crippen LogP contribution in [0.25, 0.3) is 32.7 Å². The van der Waals surface area contributed by atoms with E-state index < -0.39 is 0 Å². The molecule has 1 nitrogen and oxygen atoms in total. The van der Waals surface area contributed by atoms with Crippen LogP contribution in [0, 0.1) is 0 Å². The third-order valence-electron chi connectivity index (χ3n) is 4.30. The lowest BCUT2D eigenvalue weighted by Crippen LogP contribution is -1.91. The third-order valence-corrected chi connectivity index (χ3v) is 4.94. The number of benzene rings is 4. The smallest absolute Gasteiger partial charge is 0.151 e. The highest BCUT2D eigenvalue weighted by molar-refractivity contribution is 6.39. The number of halogens is 2. The maximum absolute atomic E-state index is 11.8. The summed E-state index contributed by atoms with van der Waals surface area (Å²) in [6.45, 7) is 0. The zero-order chi connectivity index (χ0) is 16.7. The first-order valence-corrected chi connectivity index (χ1v) is 8.30. The normalized spacial score (nSPS) is 11.1. The summed E-state index contributed by atoms with van der Waals surface area (Å²) in [5.41, 5.74) is 2.31. The van der Waals surface area contributed by atoms with Crippen LogP contribution in [-0.4, -0.2) is 6.29 Å². The highest BCUT2D eigenvalue weighted by Gasteiger charge is 2.13. The van der Waals surface area contributed by atoms with Crippen LogP contribution in [0.3, 0.4) is 0 Å². The van der Waals surface area contributed by atoms with E-state index in [1.54, 1.807) is 0 Å². The largest absolute Gasteiger partial charge is 0.298 e. The van der Waals surface area contributed by atoms with Gasteiger partial charge in [0.1, 0.15) is 0 Å². The number of rotatable bonds is 2. The summed E-state index contributed by atoms with van der Waals surface area (Å²) in [4.78, 5) is 11.8. The molecule has 3 heteroatoms. The lowest BCUT2D eigenvalue weighted by atomic mass is 9.93. The SMILES string of the molecule is O=Cc1c(-c2ccc3ccc(Cl)cc3c2Cl)ccc2ccccc12. The van der Waals surface area contributed by atoms with E-state index in [4.69, 9.17) is 23.2 Å². The van der Waals surface area contributed by atoms with Gasteiger partial charge in [0, 0.05) is 21.5 Å². The van der Waals surface area contributed by atoms with Gasteiger partial charge in [-0.25, -0.2) is 0 Å². The van der Waals surface area contributed by atoms with Crippen LogP contribution in [0.4, 0.5) is 0 Å². The van der Waals surface area contributed by atoms with Crippen LogP contribution < -0.4 is 0 Å². The highest BCUT2D eigenvalue weighted by atomic mass is 35.5. The Hall–Kier alpha value is -2.35. The van der Waals surface area contributed by atoms with Gasteiger partial charge in [-0.3, -0.25) is 4.79 Å². The molecule has 4 rings (SSSR count). The van der Waals surface area contributed by atoms with Crippen molar-refractivity contribution in [3.8, 4) is 11.1 Å². The van der Waals surface area contributed by atoms with Crippen LogP contribution in [0.2, 0.25) is 10.0 Å². The van der Waals surface area contributed by atoms with E-state index in [1.165, 1.54) is 0 Å². The molecule has 0 aromatic heterocycles. The lowest BCUT2D eigenvalue weighted by Gasteiger charge is -2.12. The number of hydrogen-bond donors (Lipinski definition) is 0. The van der Waals surface area contributed by atoms with Crippen molar-refractivity contribution in [2.45, 2.75) is 0 Å². The zero-order valence-corrected chi connectivity index (χ0v) is 14.1. The molecular weight excluding hydrogens is 339 g/mol. The second-order valence-electron chi connectivity index (χ2n) is 5.66. The summed E-state index contributed by atoms with van der Waals surface area (Å²) in [7, 11) is 0. The van der Waals surface area contributed by atoms with Crippen molar-refractivity contribution in [3.05, 3.63) is 82.3 Å². The average Bonchev–Trinajstić information content (AvgIpc) is 2.61. The second kappa shape index (κ2) is 5.94. The Morgan fingerprint density at radius 3 is 2.17 bits per heavy atom. The van der Waals surface area contributed by atoms with Gasteiger partial charge >= 0.3 is 0 Å². The molecular formula is C21H12Cl2O. The molecule has 0 atom stereocenters. The minimum atomic E-state index is 0.605. The van der Waals surface area contributed by atoms with Gasteiger partial charge in [0.2, 0.25) is 0 Å². The van der Waals surface area contributed by atoms with E-state index in [-0.39, 0.29) is 0 Å². The van der Waals surface area contributed by atoms with Gasteiger partial charge in [0.15, 0.2) is 6.29 Å². The topological polar surface area (TPSA) is 17.1 Å². The van der Waals surface area contributed by atoms with Crippen molar-refractivity contribution in [1.82, 2.24) is 0 Å². The number of aldehydes is 1. The molecule has 0 aliphatic carbocycles. The molecule has 0 fully saturated rings. The van der Waals surface area contributed by atoms with Crippen LogP contribution >= 0.6 is 23.2 Å². The first-order valence-electron chi connectivity index (χ1n) is 7.54. The molecule has 0 heterocycles. The zero-order valence-electron chi connectivity index (χ0n) is 12.6. The Morgan fingerprint density at radius 1 is 0.708 bits per heavy atom. The van der Waals surface area contributed by atoms with Crippen LogP contribution in [0.1, 0.15) is 10.4 Å². The fraction of sp³-hybridized carbons (Fsp3) is 0. The molecule has 0 saturated heterocycles. The third kappa shape index (κ3) is 2.37. The Kier molecular flexibility index (Phi) is 3.76. The van der Waals surface area contributed by atoms with E-state index in [0.29, 0.717) is 15.6 Å². The summed E-state index contributed by atoms with van der Waals surface area (Å²) in [6.07, 6.45) is 0.899. The van der Waals surface area contributed by atoms with Gasteiger partial charge in [-0.1, -0.05) is 77.8 Å². The van der Waals surface area contributed by atoms with Crippen LogP contribution in [0.15, 0.2) is 66.7 Å². The molecule has 0 unspecified atom stereocenters. The summed E-state index contributed by atoms with van der Waals surface area (Å²) >= 11 is 12.8. The van der Waals surface area contributed by atoms with E-state index in [9.17, 15) is 4.79 Å². The summed E-state index contributed by atoms with van der Waals surface area (Å²) in [5.74, 6) is 0. The van der Waals surface area contributed by atoms with Crippen molar-refractivity contribution in [3.63, 3.8) is 0 Å². The lowest BCUT2D eigenvalue weighted by molar-refractivity contribution is 0.112. The summed E-state index contributed by atoms with van der Waals surface area (Å²) < 4.78 is 0. The highest BCUT2D eigenvalue weighted by Crippen LogP contribution is 2.38. The molecule has 0 aliphatic heterocycles. The molecule has 0 radical (unpaired) electrons. The van der Waals surface area contributed by atoms with Crippen LogP contribution in [0.5, 0.6) is 0 Å². The Morgan fingerprint density at radius 2 is 1.38 bits per heavy atom. The Balaban J connectivity index is 2.06. The molecule has 116 valence electrons. The van der Waals surface area contributed by atoms with Gasteiger partial charge in [0.05, 0.1) is 5.02 Å². The molecule has 0 saturated carbocycles. The molecule has 0 spiro atoms. The molecule has 24 heavy (non-hydrogen) atoms. The average molecular weight is 351 g/mol. The fourth-order valence-electron chi connectivity index (χ4n) is 3.12. The van der Waals surface area contributed by atoms with Gasteiger partial charge < -0.3 is 0 Å². The van der Waals surface area contributed by atoms with Crippen molar-refractivity contribution in [2.75, 3.05) is 0 Å². The van der Waals surface area contributed by atoms with E-state index in [1.807, 2.05) is 66.7 Å². The first kappa shape index (κ1) is 15.2. The monoisotopic (exact) mass is 350 g/mol. The molecule has 0 bridgehead atoms. The maximum Gasteiger partial charge on any atom is 0.151 e. The Labute approximate surface area is 149 Å². The van der Waals surface area contributed by atoms with Crippen molar-refractivity contribution in [2.24, 2.45) is 0 Å². The van der Waals surface area contributed by atoms with E-state index >= 15 is 0 Å². The van der Waals surface area contributed by atoms with Gasteiger partial charge in [-0.05, 0) is 33.9 Å². The summed E-state index contributed by atoms with van der Waals surface area (Å²) in [6, 6.07) is 21.4. The van der Waals surface area contributed by atoms with E-state index in [2.05, 4.69) is 0 Å². The van der Waals surface area contributed by atoms with Crippen LogP contribution in [-0.2, 0) is 0 Å². The minimum Gasteiger partial charge on any atom is -0.298 e. The molecule has 0 amide bonds. The predicted octanol–water partition coefficient (Wildman–Crippen LogP) is 6.78. The number of carbonyl (C=O) groups excluding carboxylic acids is 1. The second-order valence-corrected chi connectivity index (χ2v) is 6.47. The Bertz CT molecular complexity index is 1100. The van der Waals surface area contributed by atoms with Crippen molar-refractivity contribution < 1.29 is 4.79 Å². The quantitative estimate of drug-likeness (QED) is 0.364. The maximum atomic E-state index is 11.8. The van der Waals surface area contributed by atoms with Gasteiger partial charge in [-0.2, -0.15) is 0 Å². The molecule has 4 aromatic carbocycles. The van der Waals surface area contributed by atoms with E-state index in [0.717, 1.165) is 39.0 Å². The standard InChI is InChI=1S/C21H12Cl2O/c22-15-8-5-14-7-10-18(21(23)19(14)11-15)17-9-6-13-3-1-2-4-16(13)20(17)12-24/h1-12H. The molecule has 0 aliphatic rings. The first-order chi connectivity index (χ1) is 11.7. The minimum absolute atomic E-state index is 0.605. The molecule has 4 aromatic rings. The predicted molar refractivity (Wildman–Crippen MR) is 102 cm³/mol. The number of fused-ring (bicyclic) bond motifs is 2. The molecule has 0 N–H and O–H groups in total. The number of carbonyl (C=O) groups is 1. The number of hydrogen-bond acceptors (Lipinski definition) is 1. The van der Waals surface area contributed by atoms with Gasteiger partial charge in [0.25, 0.3) is 0 Å². The fourth-order valence-corrected chi connectivity index (χ4v) is 3.62. The van der Waals surface area contributed by atoms with Crippen molar-refractivity contribution >= 4 is 51.0 Å². The van der Waals surface area contributed by atoms with Gasteiger partial charge in [-0.15, -0.1) is 0 Å².